The average Bonchev–Trinajstić information content (AvgIpc) is 3.78. The van der Waals surface area contributed by atoms with Gasteiger partial charge in [0.05, 0.1) is 24.7 Å². The Bertz CT molecular complexity index is 2130. The highest BCUT2D eigenvalue weighted by Crippen LogP contribution is 2.42. The summed E-state index contributed by atoms with van der Waals surface area (Å²) >= 11 is 0. The van der Waals surface area contributed by atoms with Crippen LogP contribution in [0.3, 0.4) is 0 Å². The Hall–Kier alpha value is -3.91. The van der Waals surface area contributed by atoms with Crippen molar-refractivity contribution in [2.45, 2.75) is 176 Å². The van der Waals surface area contributed by atoms with E-state index in [-0.39, 0.29) is 34.8 Å². The fourth-order valence-corrected chi connectivity index (χ4v) is 8.21. The van der Waals surface area contributed by atoms with Crippen molar-refractivity contribution in [3.63, 3.8) is 0 Å². The summed E-state index contributed by atoms with van der Waals surface area (Å²) in [6.45, 7) is 32.9. The Labute approximate surface area is 383 Å². The molecule has 2 aliphatic rings. The fourth-order valence-electron chi connectivity index (χ4n) is 5.55. The number of carbonyl (C=O) groups excluding carboxylic acids is 3. The van der Waals surface area contributed by atoms with Gasteiger partial charge in [0.15, 0.2) is 28.8 Å². The summed E-state index contributed by atoms with van der Waals surface area (Å²) in [5, 5.41) is 0.902. The van der Waals surface area contributed by atoms with E-state index in [1.54, 1.807) is 34.6 Å². The van der Waals surface area contributed by atoms with Crippen molar-refractivity contribution in [2.75, 3.05) is 14.2 Å². The van der Waals surface area contributed by atoms with Crippen LogP contribution in [0, 0.1) is 29.8 Å². The maximum Gasteiger partial charge on any atom is 0.345 e. The van der Waals surface area contributed by atoms with Gasteiger partial charge in [0, 0.05) is 43.4 Å². The van der Waals surface area contributed by atoms with Gasteiger partial charge in [-0.15, -0.1) is 12.4 Å². The van der Waals surface area contributed by atoms with Crippen LogP contribution in [0.25, 0.3) is 0 Å². The van der Waals surface area contributed by atoms with Gasteiger partial charge in [-0.3, -0.25) is 43.1 Å². The second-order valence-corrected chi connectivity index (χ2v) is 28.8. The van der Waals surface area contributed by atoms with Crippen molar-refractivity contribution in [1.82, 2.24) is 24.2 Å². The Kier molecular flexibility index (Phi) is 22.1. The van der Waals surface area contributed by atoms with E-state index in [0.717, 1.165) is 5.06 Å². The third-order valence-electron chi connectivity index (χ3n) is 11.4. The number of amides is 1. The van der Waals surface area contributed by atoms with Crippen LogP contribution >= 0.6 is 12.4 Å². The van der Waals surface area contributed by atoms with Crippen LogP contribution in [0.5, 0.6) is 0 Å². The van der Waals surface area contributed by atoms with Gasteiger partial charge in [-0.1, -0.05) is 61.0 Å². The lowest BCUT2D eigenvalue weighted by Crippen LogP contribution is -2.49. The molecule has 1 amide bonds. The van der Waals surface area contributed by atoms with Gasteiger partial charge in [-0.2, -0.15) is 4.91 Å². The van der Waals surface area contributed by atoms with E-state index in [1.165, 1.54) is 35.7 Å². The monoisotopic (exact) mass is 964 g/mol. The number of aromatic nitrogens is 4. The zero-order valence-electron chi connectivity index (χ0n) is 41.0. The van der Waals surface area contributed by atoms with Crippen LogP contribution in [0.1, 0.15) is 113 Å². The van der Waals surface area contributed by atoms with E-state index >= 15 is 0 Å². The predicted octanol–water partition coefficient (Wildman–Crippen LogP) is 5.96. The smallest absolute Gasteiger partial charge is 0.345 e. The molecule has 4 rings (SSSR count). The van der Waals surface area contributed by atoms with Gasteiger partial charge >= 0.3 is 23.3 Å². The van der Waals surface area contributed by atoms with Gasteiger partial charge in [0.25, 0.3) is 17.0 Å². The van der Waals surface area contributed by atoms with Crippen molar-refractivity contribution >= 4 is 46.9 Å². The van der Waals surface area contributed by atoms with Gasteiger partial charge in [-0.05, 0) is 70.9 Å². The second kappa shape index (κ2) is 23.5. The lowest BCUT2D eigenvalue weighted by molar-refractivity contribution is -0.184. The molecule has 23 heteroatoms. The van der Waals surface area contributed by atoms with Crippen LogP contribution in [0.15, 0.2) is 31.6 Å². The van der Waals surface area contributed by atoms with Gasteiger partial charge in [-0.25, -0.2) is 19.4 Å². The molecule has 2 aromatic heterocycles. The summed E-state index contributed by atoms with van der Waals surface area (Å²) < 4.78 is 32.3. The van der Waals surface area contributed by atoms with Crippen LogP contribution < -0.4 is 22.5 Å². The number of nitrogens with zero attached hydrogens (tertiary/aromatic N) is 3. The minimum Gasteiger partial charge on any atom is -0.411 e. The number of aromatic amines is 2. The minimum absolute atomic E-state index is 0. The molecule has 6 atom stereocenters. The Morgan fingerprint density at radius 2 is 1.06 bits per heavy atom. The molecule has 0 radical (unpaired) electrons. The normalized spacial score (nSPS) is 21.1. The second-order valence-electron chi connectivity index (χ2n) is 19.3. The van der Waals surface area contributed by atoms with Crippen molar-refractivity contribution in [2.24, 2.45) is 5.41 Å². The summed E-state index contributed by atoms with van der Waals surface area (Å²) in [5.41, 5.74) is 2.19. The summed E-state index contributed by atoms with van der Waals surface area (Å²) in [6.07, 6.45) is -1.55. The molecule has 0 aliphatic carbocycles. The molecular weight excluding hydrogens is 892 g/mol. The first-order valence-corrected chi connectivity index (χ1v) is 26.6. The van der Waals surface area contributed by atoms with Crippen LogP contribution in [0.2, 0.25) is 36.3 Å². The molecule has 0 saturated carbocycles. The fraction of sp³-hybridized carbons (Fsp3) is 0.732. The van der Waals surface area contributed by atoms with Crippen LogP contribution in [-0.4, -0.2) is 97.2 Å². The predicted molar refractivity (Wildman–Crippen MR) is 248 cm³/mol. The lowest BCUT2D eigenvalue weighted by atomic mass is 9.97. The number of nitroso groups, excluding NO2 is 1. The first-order valence-electron chi connectivity index (χ1n) is 20.8. The Balaban J connectivity index is 0.00000114. The number of hydroxylamine groups is 2. The molecule has 366 valence electrons. The largest absolute Gasteiger partial charge is 0.411 e. The number of aryl methyl sites for hydroxylation is 2. The van der Waals surface area contributed by atoms with Crippen molar-refractivity contribution in [3.8, 4) is 0 Å². The molecule has 64 heavy (non-hydrogen) atoms. The first-order chi connectivity index (χ1) is 28.7. The molecule has 3 unspecified atom stereocenters. The maximum atomic E-state index is 12.9. The molecule has 0 spiro atoms. The van der Waals surface area contributed by atoms with Crippen LogP contribution in [0.4, 0.5) is 0 Å². The highest BCUT2D eigenvalue weighted by Gasteiger charge is 2.50. The van der Waals surface area contributed by atoms with E-state index in [1.807, 2.05) is 26.9 Å². The van der Waals surface area contributed by atoms with Crippen molar-refractivity contribution in [3.05, 3.63) is 70.1 Å². The number of hydrogen-bond donors (Lipinski definition) is 3. The summed E-state index contributed by atoms with van der Waals surface area (Å²) in [6, 6.07) is 0. The third-order valence-corrected chi connectivity index (χ3v) is 20.4. The standard InChI is InChI=1S/C21H34N2O7Si.C18H31N3O6Si.C2H6.ClH.HNO/c1-12-11-23(19(27)22-16(12)24)14-10-13(30-31(8,9)21(5,6)7)15(28-14)17(25)29-18(26)20(2,3)4;1-11-10-21(17(24)19-15(11)22)13-9-12(27-28(7,8)18(2,3)4)14(26-13)16(23)20(5)25-6;1-2;;1-2/h11,13-15H,10H2,1-9H3,(H,22,24,27);10,12-14H,9H2,1-8H3,(H,19,22,24);1-2H3;1H;1H/t;12-,13-,14+;;;/m.1.../s1. The average molecular weight is 966 g/mol. The van der Waals surface area contributed by atoms with Crippen molar-refractivity contribution in [1.29, 1.82) is 5.59 Å². The first kappa shape index (κ1) is 60.1. The highest BCUT2D eigenvalue weighted by molar-refractivity contribution is 6.74. The number of ether oxygens (including phenoxy) is 3. The molecule has 3 N–H and O–H groups in total. The zero-order valence-corrected chi connectivity index (χ0v) is 43.8. The minimum atomic E-state index is -2.32. The van der Waals surface area contributed by atoms with Gasteiger partial charge in [0.2, 0.25) is 0 Å². The number of halogens is 1. The summed E-state index contributed by atoms with van der Waals surface area (Å²) in [7, 11) is -1.63. The summed E-state index contributed by atoms with van der Waals surface area (Å²) in [5.74, 6) is -1.91. The van der Waals surface area contributed by atoms with Gasteiger partial charge in [0.1, 0.15) is 12.5 Å². The topological polar surface area (TPSA) is 260 Å². The third kappa shape index (κ3) is 15.1. The molecule has 2 aromatic rings. The number of esters is 2. The van der Waals surface area contributed by atoms with E-state index in [4.69, 9.17) is 32.8 Å². The Morgan fingerprint density at radius 3 is 1.39 bits per heavy atom. The zero-order chi connectivity index (χ0) is 49.4. The van der Waals surface area contributed by atoms with Gasteiger partial charge < -0.3 is 23.1 Å². The number of likely N-dealkylation sites (N-methyl/N-ethyl adjacent to an activating group) is 1. The van der Waals surface area contributed by atoms with Crippen molar-refractivity contribution < 1.29 is 42.3 Å². The molecule has 2 aliphatic heterocycles. The number of nitrogens with one attached hydrogen (secondary N) is 3. The quantitative estimate of drug-likeness (QED) is 0.0862. The highest BCUT2D eigenvalue weighted by atomic mass is 35.5. The van der Waals surface area contributed by atoms with E-state index in [0.29, 0.717) is 17.5 Å². The van der Waals surface area contributed by atoms with E-state index in [9.17, 15) is 33.6 Å². The Morgan fingerprint density at radius 1 is 0.719 bits per heavy atom. The molecule has 20 nitrogen and oxygen atoms in total. The number of carbonyl (C=O) groups is 3. The molecule has 0 bridgehead atoms. The van der Waals surface area contributed by atoms with E-state index in [2.05, 4.69) is 70.2 Å². The SMILES string of the molecule is CC.CON(C)C(=O)[C@H]1O[C@@H](n2cc(C)c(=O)[nH]c2=O)C[C@H]1O[Si](C)(C)C(C)(C)C.Cc1cn(C2CC(O[Si](C)(C)C(C)(C)C)C(C(=O)OC(=O)C(C)(C)C)O2)c(=O)[nH]c1=O.Cl.N=O. The lowest BCUT2D eigenvalue weighted by Gasteiger charge is -2.39. The number of hydrogen-bond acceptors (Lipinski definition) is 15. The molecule has 2 saturated heterocycles. The molecule has 4 heterocycles. The molecule has 2 fully saturated rings. The molecular formula is C41H73ClN6O14Si2. The van der Waals surface area contributed by atoms with Crippen LogP contribution in [-0.2, 0) is 42.3 Å². The number of rotatable bonds is 9. The molecule has 0 aromatic carbocycles. The maximum absolute atomic E-state index is 12.9. The number of H-pyrrole nitrogens is 2. The summed E-state index contributed by atoms with van der Waals surface area (Å²) in [4.78, 5) is 103. The van der Waals surface area contributed by atoms with E-state index < -0.39 is 93.4 Å².